The van der Waals surface area contributed by atoms with Gasteiger partial charge < -0.3 is 9.64 Å². The van der Waals surface area contributed by atoms with Gasteiger partial charge in [-0.2, -0.15) is 0 Å². The fraction of sp³-hybridized carbons (Fsp3) is 0.158. The first kappa shape index (κ1) is 11.2. The Morgan fingerprint density at radius 2 is 1.71 bits per heavy atom. The number of para-hydroxylation sites is 1. The fourth-order valence-electron chi connectivity index (χ4n) is 3.71. The SMILES string of the molecule is CC1COc2cccc3c2N1c1cccc2cccc-3c12. The van der Waals surface area contributed by atoms with Crippen LogP contribution in [0.5, 0.6) is 5.75 Å². The molecule has 0 saturated carbocycles. The smallest absolute Gasteiger partial charge is 0.143 e. The highest BCUT2D eigenvalue weighted by atomic mass is 16.5. The zero-order valence-corrected chi connectivity index (χ0v) is 11.8. The molecule has 3 aromatic carbocycles. The predicted octanol–water partition coefficient (Wildman–Crippen LogP) is 4.74. The second-order valence-corrected chi connectivity index (χ2v) is 5.86. The lowest BCUT2D eigenvalue weighted by atomic mass is 9.89. The Morgan fingerprint density at radius 1 is 0.952 bits per heavy atom. The van der Waals surface area contributed by atoms with Crippen LogP contribution in [0.15, 0.2) is 54.6 Å². The average molecular weight is 273 g/mol. The molecule has 3 aromatic rings. The molecule has 2 nitrogen and oxygen atoms in total. The van der Waals surface area contributed by atoms with Crippen LogP contribution in [0.4, 0.5) is 11.4 Å². The maximum Gasteiger partial charge on any atom is 0.143 e. The number of nitrogens with zero attached hydrogens (tertiary/aromatic N) is 1. The molecule has 2 heterocycles. The molecule has 0 bridgehead atoms. The third-order valence-corrected chi connectivity index (χ3v) is 4.59. The summed E-state index contributed by atoms with van der Waals surface area (Å²) in [5.74, 6) is 0.997. The second-order valence-electron chi connectivity index (χ2n) is 5.86. The summed E-state index contributed by atoms with van der Waals surface area (Å²) < 4.78 is 5.95. The van der Waals surface area contributed by atoms with Gasteiger partial charge in [0.05, 0.1) is 17.4 Å². The molecule has 0 radical (unpaired) electrons. The Bertz CT molecular complexity index is 879. The quantitative estimate of drug-likeness (QED) is 0.586. The van der Waals surface area contributed by atoms with Gasteiger partial charge in [-0.1, -0.05) is 42.5 Å². The summed E-state index contributed by atoms with van der Waals surface area (Å²) in [6.07, 6.45) is 0. The van der Waals surface area contributed by atoms with Gasteiger partial charge in [-0.05, 0) is 30.0 Å². The molecule has 0 fully saturated rings. The van der Waals surface area contributed by atoms with Crippen LogP contribution in [-0.2, 0) is 0 Å². The molecule has 0 amide bonds. The van der Waals surface area contributed by atoms with Crippen molar-refractivity contribution in [1.82, 2.24) is 0 Å². The summed E-state index contributed by atoms with van der Waals surface area (Å²) in [7, 11) is 0. The van der Waals surface area contributed by atoms with Crippen molar-refractivity contribution in [1.29, 1.82) is 0 Å². The largest absolute Gasteiger partial charge is 0.489 e. The van der Waals surface area contributed by atoms with E-state index in [0.29, 0.717) is 6.04 Å². The van der Waals surface area contributed by atoms with E-state index in [1.54, 1.807) is 0 Å². The predicted molar refractivity (Wildman–Crippen MR) is 86.5 cm³/mol. The van der Waals surface area contributed by atoms with Crippen molar-refractivity contribution in [3.63, 3.8) is 0 Å². The summed E-state index contributed by atoms with van der Waals surface area (Å²) in [5, 5.41) is 2.66. The van der Waals surface area contributed by atoms with Gasteiger partial charge in [-0.25, -0.2) is 0 Å². The molecule has 2 aliphatic heterocycles. The van der Waals surface area contributed by atoms with Gasteiger partial charge in [-0.3, -0.25) is 0 Å². The first-order chi connectivity index (χ1) is 10.3. The van der Waals surface area contributed by atoms with Crippen LogP contribution in [0.1, 0.15) is 6.92 Å². The van der Waals surface area contributed by atoms with Crippen molar-refractivity contribution in [3.05, 3.63) is 54.6 Å². The second kappa shape index (κ2) is 3.79. The van der Waals surface area contributed by atoms with E-state index in [2.05, 4.69) is 66.4 Å². The molecule has 21 heavy (non-hydrogen) atoms. The van der Waals surface area contributed by atoms with Gasteiger partial charge in [0.15, 0.2) is 0 Å². The summed E-state index contributed by atoms with van der Waals surface area (Å²) in [6, 6.07) is 19.9. The van der Waals surface area contributed by atoms with E-state index in [4.69, 9.17) is 4.74 Å². The maximum atomic E-state index is 5.95. The van der Waals surface area contributed by atoms with Crippen LogP contribution >= 0.6 is 0 Å². The summed E-state index contributed by atoms with van der Waals surface area (Å²) in [5.41, 5.74) is 5.12. The summed E-state index contributed by atoms with van der Waals surface area (Å²) in [4.78, 5) is 2.45. The number of fused-ring (bicyclic) bond motifs is 2. The van der Waals surface area contributed by atoms with E-state index in [-0.39, 0.29) is 0 Å². The van der Waals surface area contributed by atoms with Crippen molar-refractivity contribution < 1.29 is 4.74 Å². The zero-order chi connectivity index (χ0) is 14.0. The highest BCUT2D eigenvalue weighted by Crippen LogP contribution is 2.53. The number of rotatable bonds is 0. The highest BCUT2D eigenvalue weighted by molar-refractivity contribution is 6.12. The first-order valence-electron chi connectivity index (χ1n) is 7.42. The normalized spacial score (nSPS) is 18.3. The van der Waals surface area contributed by atoms with E-state index < -0.39 is 0 Å². The number of ether oxygens (including phenoxy) is 1. The van der Waals surface area contributed by atoms with Gasteiger partial charge in [0, 0.05) is 10.9 Å². The molecule has 102 valence electrons. The van der Waals surface area contributed by atoms with Crippen LogP contribution in [0.3, 0.4) is 0 Å². The maximum absolute atomic E-state index is 5.95. The molecule has 5 rings (SSSR count). The fourth-order valence-corrected chi connectivity index (χ4v) is 3.71. The molecular weight excluding hydrogens is 258 g/mol. The number of hydrogen-bond acceptors (Lipinski definition) is 2. The zero-order valence-electron chi connectivity index (χ0n) is 11.8. The molecule has 1 unspecified atom stereocenters. The minimum Gasteiger partial charge on any atom is -0.489 e. The lowest BCUT2D eigenvalue weighted by molar-refractivity contribution is 0.279. The van der Waals surface area contributed by atoms with E-state index in [9.17, 15) is 0 Å². The van der Waals surface area contributed by atoms with Gasteiger partial charge in [-0.15, -0.1) is 0 Å². The van der Waals surface area contributed by atoms with Crippen LogP contribution in [0.25, 0.3) is 21.9 Å². The number of anilines is 2. The highest BCUT2D eigenvalue weighted by Gasteiger charge is 2.33. The molecular formula is C19H15NO. The molecule has 0 saturated heterocycles. The van der Waals surface area contributed by atoms with Gasteiger partial charge in [0.1, 0.15) is 12.4 Å². The third-order valence-electron chi connectivity index (χ3n) is 4.59. The topological polar surface area (TPSA) is 12.5 Å². The lowest BCUT2D eigenvalue weighted by Crippen LogP contribution is -2.38. The van der Waals surface area contributed by atoms with Crippen LogP contribution in [-0.4, -0.2) is 12.6 Å². The van der Waals surface area contributed by atoms with E-state index >= 15 is 0 Å². The molecule has 0 aliphatic carbocycles. The van der Waals surface area contributed by atoms with Gasteiger partial charge >= 0.3 is 0 Å². The van der Waals surface area contributed by atoms with Crippen LogP contribution in [0, 0.1) is 0 Å². The van der Waals surface area contributed by atoms with Crippen LogP contribution in [0.2, 0.25) is 0 Å². The summed E-state index contributed by atoms with van der Waals surface area (Å²) in [6.45, 7) is 2.96. The van der Waals surface area contributed by atoms with Gasteiger partial charge in [0.25, 0.3) is 0 Å². The molecule has 0 aromatic heterocycles. The van der Waals surface area contributed by atoms with Crippen molar-refractivity contribution in [3.8, 4) is 16.9 Å². The Morgan fingerprint density at radius 3 is 2.62 bits per heavy atom. The van der Waals surface area contributed by atoms with Crippen molar-refractivity contribution >= 4 is 22.1 Å². The van der Waals surface area contributed by atoms with Gasteiger partial charge in [0.2, 0.25) is 0 Å². The van der Waals surface area contributed by atoms with E-state index in [0.717, 1.165) is 12.4 Å². The molecule has 0 N–H and O–H groups in total. The first-order valence-corrected chi connectivity index (χ1v) is 7.42. The van der Waals surface area contributed by atoms with Crippen molar-refractivity contribution in [2.45, 2.75) is 13.0 Å². The molecule has 2 aliphatic rings. The lowest BCUT2D eigenvalue weighted by Gasteiger charge is -2.41. The molecule has 0 spiro atoms. The minimum absolute atomic E-state index is 0.345. The molecule has 1 atom stereocenters. The van der Waals surface area contributed by atoms with Crippen LogP contribution < -0.4 is 9.64 Å². The minimum atomic E-state index is 0.345. The van der Waals surface area contributed by atoms with Crippen molar-refractivity contribution in [2.75, 3.05) is 11.5 Å². The Labute approximate surface area is 123 Å². The third kappa shape index (κ3) is 1.32. The van der Waals surface area contributed by atoms with E-state index in [1.165, 1.54) is 33.3 Å². The van der Waals surface area contributed by atoms with E-state index in [1.807, 2.05) is 0 Å². The Kier molecular flexibility index (Phi) is 2.02. The summed E-state index contributed by atoms with van der Waals surface area (Å²) >= 11 is 0. The monoisotopic (exact) mass is 273 g/mol. The number of benzene rings is 3. The Hall–Kier alpha value is -2.48. The average Bonchev–Trinajstić information content (AvgIpc) is 2.53. The Balaban J connectivity index is 2.01. The molecule has 2 heteroatoms. The van der Waals surface area contributed by atoms with Crippen molar-refractivity contribution in [2.24, 2.45) is 0 Å². The number of hydrogen-bond donors (Lipinski definition) is 0. The standard InChI is InChI=1S/C19H15NO/c1-12-11-21-17-10-4-8-15-14-7-2-5-13-6-3-9-16(18(13)14)20(12)19(15)17/h2-10,12H,11H2,1H3.